The van der Waals surface area contributed by atoms with Crippen LogP contribution in [-0.4, -0.2) is 4.98 Å². The SMILES string of the molecule is C1=Cc2[nH]c3c(ccc4ccccc43)c2CC1. The van der Waals surface area contributed by atoms with E-state index < -0.39 is 0 Å². The minimum atomic E-state index is 1.16. The summed E-state index contributed by atoms with van der Waals surface area (Å²) in [5.74, 6) is 0. The fraction of sp³-hybridized carbons (Fsp3) is 0.125. The maximum Gasteiger partial charge on any atom is 0.0541 e. The number of hydrogen-bond donors (Lipinski definition) is 1. The first-order chi connectivity index (χ1) is 8.43. The third-order valence-corrected chi connectivity index (χ3v) is 3.68. The zero-order valence-corrected chi connectivity index (χ0v) is 9.53. The Kier molecular flexibility index (Phi) is 1.72. The van der Waals surface area contributed by atoms with Gasteiger partial charge in [-0.05, 0) is 29.9 Å². The number of rotatable bonds is 0. The average Bonchev–Trinajstić information content (AvgIpc) is 2.78. The molecule has 1 heteroatoms. The highest BCUT2D eigenvalue weighted by Gasteiger charge is 2.13. The lowest BCUT2D eigenvalue weighted by molar-refractivity contribution is 0.992. The molecule has 0 unspecified atom stereocenters. The molecule has 1 aliphatic rings. The molecule has 0 fully saturated rings. The van der Waals surface area contributed by atoms with Crippen molar-refractivity contribution in [2.75, 3.05) is 0 Å². The van der Waals surface area contributed by atoms with E-state index in [0.29, 0.717) is 0 Å². The van der Waals surface area contributed by atoms with Crippen LogP contribution in [0.4, 0.5) is 0 Å². The molecule has 82 valence electrons. The molecule has 1 aliphatic carbocycles. The van der Waals surface area contributed by atoms with Crippen molar-refractivity contribution in [1.82, 2.24) is 4.98 Å². The quantitative estimate of drug-likeness (QED) is 0.581. The van der Waals surface area contributed by atoms with Gasteiger partial charge in [0, 0.05) is 16.5 Å². The smallest absolute Gasteiger partial charge is 0.0541 e. The first-order valence-corrected chi connectivity index (χ1v) is 6.12. The molecule has 1 heterocycles. The summed E-state index contributed by atoms with van der Waals surface area (Å²) < 4.78 is 0. The van der Waals surface area contributed by atoms with Crippen LogP contribution in [0.25, 0.3) is 27.8 Å². The Labute approximate surface area is 99.8 Å². The second-order valence-corrected chi connectivity index (χ2v) is 4.67. The molecule has 0 radical (unpaired) electrons. The predicted molar refractivity (Wildman–Crippen MR) is 73.2 cm³/mol. The van der Waals surface area contributed by atoms with Gasteiger partial charge in [0.25, 0.3) is 0 Å². The van der Waals surface area contributed by atoms with Crippen LogP contribution in [0.2, 0.25) is 0 Å². The molecule has 17 heavy (non-hydrogen) atoms. The maximum absolute atomic E-state index is 3.57. The maximum atomic E-state index is 3.57. The van der Waals surface area contributed by atoms with Crippen LogP contribution in [0.5, 0.6) is 0 Å². The van der Waals surface area contributed by atoms with E-state index in [0.717, 1.165) is 12.8 Å². The van der Waals surface area contributed by atoms with Gasteiger partial charge in [0.1, 0.15) is 0 Å². The van der Waals surface area contributed by atoms with Gasteiger partial charge in [-0.1, -0.05) is 42.5 Å². The van der Waals surface area contributed by atoms with Crippen molar-refractivity contribution < 1.29 is 0 Å². The zero-order chi connectivity index (χ0) is 11.2. The normalized spacial score (nSPS) is 14.4. The lowest BCUT2D eigenvalue weighted by atomic mass is 9.99. The summed E-state index contributed by atoms with van der Waals surface area (Å²) in [6.07, 6.45) is 6.78. The highest BCUT2D eigenvalue weighted by atomic mass is 14.7. The molecule has 0 saturated heterocycles. The van der Waals surface area contributed by atoms with E-state index in [9.17, 15) is 0 Å². The van der Waals surface area contributed by atoms with Gasteiger partial charge in [0.05, 0.1) is 5.52 Å². The number of H-pyrrole nitrogens is 1. The van der Waals surface area contributed by atoms with Gasteiger partial charge >= 0.3 is 0 Å². The van der Waals surface area contributed by atoms with Crippen LogP contribution in [0, 0.1) is 0 Å². The number of nitrogens with one attached hydrogen (secondary N) is 1. The molecule has 3 aromatic rings. The van der Waals surface area contributed by atoms with Crippen molar-refractivity contribution in [3.05, 3.63) is 53.7 Å². The van der Waals surface area contributed by atoms with Gasteiger partial charge in [0.2, 0.25) is 0 Å². The van der Waals surface area contributed by atoms with E-state index in [-0.39, 0.29) is 0 Å². The lowest BCUT2D eigenvalue weighted by Gasteiger charge is -2.04. The summed E-state index contributed by atoms with van der Waals surface area (Å²) in [5.41, 5.74) is 4.07. The van der Waals surface area contributed by atoms with E-state index >= 15 is 0 Å². The largest absolute Gasteiger partial charge is 0.354 e. The Morgan fingerprint density at radius 1 is 0.941 bits per heavy atom. The fourth-order valence-electron chi connectivity index (χ4n) is 2.85. The topological polar surface area (TPSA) is 15.8 Å². The van der Waals surface area contributed by atoms with Crippen molar-refractivity contribution >= 4 is 27.8 Å². The van der Waals surface area contributed by atoms with Crippen molar-refractivity contribution in [2.45, 2.75) is 12.8 Å². The monoisotopic (exact) mass is 219 g/mol. The van der Waals surface area contributed by atoms with Gasteiger partial charge in [-0.3, -0.25) is 0 Å². The number of aryl methyl sites for hydroxylation is 1. The molecule has 0 saturated carbocycles. The third kappa shape index (κ3) is 1.19. The van der Waals surface area contributed by atoms with Gasteiger partial charge < -0.3 is 4.98 Å². The summed E-state index contributed by atoms with van der Waals surface area (Å²) in [7, 11) is 0. The molecule has 1 nitrogen and oxygen atoms in total. The van der Waals surface area contributed by atoms with Crippen LogP contribution in [-0.2, 0) is 6.42 Å². The average molecular weight is 219 g/mol. The van der Waals surface area contributed by atoms with Crippen molar-refractivity contribution in [1.29, 1.82) is 0 Å². The molecule has 0 bridgehead atoms. The Balaban J connectivity index is 2.21. The van der Waals surface area contributed by atoms with Gasteiger partial charge in [-0.2, -0.15) is 0 Å². The van der Waals surface area contributed by atoms with E-state index in [2.05, 4.69) is 53.5 Å². The van der Waals surface area contributed by atoms with Crippen LogP contribution in [0.15, 0.2) is 42.5 Å². The van der Waals surface area contributed by atoms with E-state index in [4.69, 9.17) is 0 Å². The van der Waals surface area contributed by atoms with Gasteiger partial charge in [0.15, 0.2) is 0 Å². The molecule has 0 spiro atoms. The molecular weight excluding hydrogens is 206 g/mol. The van der Waals surface area contributed by atoms with Crippen LogP contribution < -0.4 is 0 Å². The minimum absolute atomic E-state index is 1.16. The first-order valence-electron chi connectivity index (χ1n) is 6.12. The number of allylic oxidation sites excluding steroid dienone is 1. The summed E-state index contributed by atoms with van der Waals surface area (Å²) in [6.45, 7) is 0. The van der Waals surface area contributed by atoms with Crippen molar-refractivity contribution in [3.63, 3.8) is 0 Å². The number of hydrogen-bond acceptors (Lipinski definition) is 0. The Morgan fingerprint density at radius 2 is 1.88 bits per heavy atom. The molecule has 1 aromatic heterocycles. The van der Waals surface area contributed by atoms with Gasteiger partial charge in [-0.15, -0.1) is 0 Å². The summed E-state index contributed by atoms with van der Waals surface area (Å²) in [6, 6.07) is 13.1. The van der Waals surface area contributed by atoms with E-state index in [1.807, 2.05) is 0 Å². The van der Waals surface area contributed by atoms with Crippen LogP contribution in [0.3, 0.4) is 0 Å². The number of benzene rings is 2. The molecule has 4 rings (SSSR count). The van der Waals surface area contributed by atoms with Gasteiger partial charge in [-0.25, -0.2) is 0 Å². The Bertz CT molecular complexity index is 747. The minimum Gasteiger partial charge on any atom is -0.354 e. The summed E-state index contributed by atoms with van der Waals surface area (Å²) in [4.78, 5) is 3.57. The van der Waals surface area contributed by atoms with Crippen molar-refractivity contribution in [2.24, 2.45) is 0 Å². The summed E-state index contributed by atoms with van der Waals surface area (Å²) >= 11 is 0. The molecule has 0 aliphatic heterocycles. The standard InChI is InChI=1S/C16H13N/c1-2-6-12-11(5-1)9-10-14-13-7-3-4-8-15(13)17-16(12)14/h1-2,4-6,8-10,17H,3,7H2. The van der Waals surface area contributed by atoms with Crippen LogP contribution in [0.1, 0.15) is 17.7 Å². The molecule has 0 atom stereocenters. The first kappa shape index (κ1) is 9.06. The molecule has 0 amide bonds. The third-order valence-electron chi connectivity index (χ3n) is 3.68. The van der Waals surface area contributed by atoms with E-state index in [1.54, 1.807) is 0 Å². The van der Waals surface area contributed by atoms with Crippen molar-refractivity contribution in [3.8, 4) is 0 Å². The number of aromatic nitrogens is 1. The Hall–Kier alpha value is -2.02. The molecule has 2 aromatic carbocycles. The highest BCUT2D eigenvalue weighted by Crippen LogP contribution is 2.32. The zero-order valence-electron chi connectivity index (χ0n) is 9.53. The van der Waals surface area contributed by atoms with Crippen LogP contribution >= 0.6 is 0 Å². The fourth-order valence-corrected chi connectivity index (χ4v) is 2.85. The number of aromatic amines is 1. The second-order valence-electron chi connectivity index (χ2n) is 4.67. The highest BCUT2D eigenvalue weighted by molar-refractivity contribution is 6.07. The predicted octanol–water partition coefficient (Wildman–Crippen LogP) is 4.28. The summed E-state index contributed by atoms with van der Waals surface area (Å²) in [5, 5.41) is 4.03. The number of fused-ring (bicyclic) bond motifs is 5. The van der Waals surface area contributed by atoms with E-state index in [1.165, 1.54) is 32.9 Å². The second kappa shape index (κ2) is 3.24. The Morgan fingerprint density at radius 3 is 2.88 bits per heavy atom. The molecule has 1 N–H and O–H groups in total. The lowest BCUT2D eigenvalue weighted by Crippen LogP contribution is -1.89. The molecular formula is C16H13N.